The van der Waals surface area contributed by atoms with Crippen LogP contribution in [0.25, 0.3) is 0 Å². The number of aliphatic hydroxyl groups is 1. The number of carbonyl (C=O) groups excluding carboxylic acids is 1. The highest BCUT2D eigenvalue weighted by Crippen LogP contribution is 2.09. The minimum Gasteiger partial charge on any atom is -0.481 e. The molecule has 5 heteroatoms. The summed E-state index contributed by atoms with van der Waals surface area (Å²) in [5, 5.41) is 12.4. The summed E-state index contributed by atoms with van der Waals surface area (Å²) in [7, 11) is 0. The highest BCUT2D eigenvalue weighted by Gasteiger charge is 2.01. The van der Waals surface area contributed by atoms with Gasteiger partial charge in [0.15, 0.2) is 0 Å². The van der Waals surface area contributed by atoms with E-state index in [0.29, 0.717) is 18.2 Å². The highest BCUT2D eigenvalue weighted by molar-refractivity contribution is 6.30. The smallest absolute Gasteiger partial charge is 0.282 e. The molecule has 0 aliphatic rings. The maximum Gasteiger partial charge on any atom is 0.282 e. The molecule has 0 unspecified atom stereocenters. The van der Waals surface area contributed by atoms with E-state index in [0.717, 1.165) is 11.6 Å². The fraction of sp³-hybridized carbons (Fsp3) is 0.250. The van der Waals surface area contributed by atoms with Crippen LogP contribution in [0.15, 0.2) is 36.3 Å². The van der Waals surface area contributed by atoms with Gasteiger partial charge in [0.2, 0.25) is 0 Å². The highest BCUT2D eigenvalue weighted by atomic mass is 35.5. The van der Waals surface area contributed by atoms with Crippen LogP contribution >= 0.6 is 11.6 Å². The first kappa shape index (κ1) is 13.4. The molecule has 92 valence electrons. The van der Waals surface area contributed by atoms with Crippen LogP contribution in [0.1, 0.15) is 12.5 Å². The van der Waals surface area contributed by atoms with Crippen LogP contribution in [-0.4, -0.2) is 17.6 Å². The molecule has 0 fully saturated rings. The lowest BCUT2D eigenvalue weighted by atomic mass is 10.2. The van der Waals surface area contributed by atoms with Crippen LogP contribution in [0.5, 0.6) is 0 Å². The van der Waals surface area contributed by atoms with E-state index in [4.69, 9.17) is 21.4 Å². The fourth-order valence-electron chi connectivity index (χ4n) is 1.14. The first-order chi connectivity index (χ1) is 8.11. The van der Waals surface area contributed by atoms with Crippen LogP contribution in [0, 0.1) is 0 Å². The summed E-state index contributed by atoms with van der Waals surface area (Å²) in [5.41, 5.74) is 0.923. The molecule has 17 heavy (non-hydrogen) atoms. The number of hydrogen-bond acceptors (Lipinski definition) is 3. The molecule has 1 rings (SSSR count). The first-order valence-electron chi connectivity index (χ1n) is 5.17. The van der Waals surface area contributed by atoms with E-state index in [2.05, 4.69) is 5.32 Å². The summed E-state index contributed by atoms with van der Waals surface area (Å²) in [4.78, 5) is 11.3. The van der Waals surface area contributed by atoms with Crippen molar-refractivity contribution < 1.29 is 14.6 Å². The topological polar surface area (TPSA) is 58.6 Å². The third kappa shape index (κ3) is 5.26. The molecular formula is C12H14ClNO3. The quantitative estimate of drug-likeness (QED) is 0.627. The lowest BCUT2D eigenvalue weighted by molar-refractivity contribution is -0.117. The second-order valence-corrected chi connectivity index (χ2v) is 3.70. The Hall–Kier alpha value is -1.68. The Balaban J connectivity index is 2.43. The predicted molar refractivity (Wildman–Crippen MR) is 65.6 cm³/mol. The summed E-state index contributed by atoms with van der Waals surface area (Å²) in [6.07, 6.45) is 0.999. The number of aliphatic hydroxyl groups excluding tert-OH is 1. The van der Waals surface area contributed by atoms with Gasteiger partial charge in [-0.2, -0.15) is 0 Å². The second kappa shape index (κ2) is 6.81. The Morgan fingerprint density at radius 2 is 2.12 bits per heavy atom. The molecule has 0 saturated heterocycles. The van der Waals surface area contributed by atoms with Crippen molar-refractivity contribution in [3.05, 3.63) is 46.9 Å². The van der Waals surface area contributed by atoms with Crippen LogP contribution < -0.4 is 5.32 Å². The zero-order valence-corrected chi connectivity index (χ0v) is 10.2. The summed E-state index contributed by atoms with van der Waals surface area (Å²) in [6.45, 7) is 2.40. The van der Waals surface area contributed by atoms with Gasteiger partial charge in [0.05, 0.1) is 12.7 Å². The summed E-state index contributed by atoms with van der Waals surface area (Å²) in [5.74, 6) is -0.799. The Bertz CT molecular complexity index is 401. The predicted octanol–water partition coefficient (Wildman–Crippen LogP) is 2.39. The number of benzene rings is 1. The van der Waals surface area contributed by atoms with Gasteiger partial charge in [-0.15, -0.1) is 0 Å². The SMILES string of the molecule is CCO/C(O)=C/C(=O)NCc1ccc(Cl)cc1. The van der Waals surface area contributed by atoms with E-state index in [1.807, 2.05) is 12.1 Å². The van der Waals surface area contributed by atoms with Crippen LogP contribution in [0.2, 0.25) is 5.02 Å². The molecular weight excluding hydrogens is 242 g/mol. The van der Waals surface area contributed by atoms with Gasteiger partial charge in [-0.1, -0.05) is 23.7 Å². The zero-order chi connectivity index (χ0) is 12.7. The number of ether oxygens (including phenoxy) is 1. The van der Waals surface area contributed by atoms with E-state index in [-0.39, 0.29) is 5.95 Å². The van der Waals surface area contributed by atoms with Crippen molar-refractivity contribution in [2.45, 2.75) is 13.5 Å². The Kier molecular flexibility index (Phi) is 5.36. The molecule has 0 saturated carbocycles. The van der Waals surface area contributed by atoms with E-state index in [9.17, 15) is 4.79 Å². The molecule has 0 aliphatic carbocycles. The van der Waals surface area contributed by atoms with Gasteiger partial charge in [0.25, 0.3) is 11.9 Å². The van der Waals surface area contributed by atoms with Crippen LogP contribution in [0.4, 0.5) is 0 Å². The van der Waals surface area contributed by atoms with Gasteiger partial charge in [0.1, 0.15) is 0 Å². The van der Waals surface area contributed by atoms with Crippen molar-refractivity contribution in [2.75, 3.05) is 6.61 Å². The number of amides is 1. The molecule has 0 radical (unpaired) electrons. The van der Waals surface area contributed by atoms with Gasteiger partial charge in [-0.05, 0) is 24.6 Å². The van der Waals surface area contributed by atoms with Gasteiger partial charge in [0, 0.05) is 11.6 Å². The van der Waals surface area contributed by atoms with Crippen molar-refractivity contribution in [2.24, 2.45) is 0 Å². The van der Waals surface area contributed by atoms with E-state index in [1.165, 1.54) is 0 Å². The van der Waals surface area contributed by atoms with Crippen molar-refractivity contribution in [3.63, 3.8) is 0 Å². The number of hydrogen-bond donors (Lipinski definition) is 2. The first-order valence-corrected chi connectivity index (χ1v) is 5.55. The van der Waals surface area contributed by atoms with Crippen molar-refractivity contribution >= 4 is 17.5 Å². The van der Waals surface area contributed by atoms with Crippen LogP contribution in [-0.2, 0) is 16.1 Å². The van der Waals surface area contributed by atoms with E-state index in [1.54, 1.807) is 19.1 Å². The van der Waals surface area contributed by atoms with Crippen LogP contribution in [0.3, 0.4) is 0 Å². The van der Waals surface area contributed by atoms with Gasteiger partial charge in [-0.25, -0.2) is 0 Å². The lowest BCUT2D eigenvalue weighted by Gasteiger charge is -2.03. The van der Waals surface area contributed by atoms with Crippen molar-refractivity contribution in [1.29, 1.82) is 0 Å². The van der Waals surface area contributed by atoms with E-state index >= 15 is 0 Å². The molecule has 0 aromatic heterocycles. The minimum atomic E-state index is -0.411. The third-order valence-corrected chi connectivity index (χ3v) is 2.18. The fourth-order valence-corrected chi connectivity index (χ4v) is 1.27. The number of rotatable bonds is 5. The second-order valence-electron chi connectivity index (χ2n) is 3.26. The van der Waals surface area contributed by atoms with Gasteiger partial charge >= 0.3 is 0 Å². The molecule has 1 aromatic carbocycles. The maximum absolute atomic E-state index is 11.3. The van der Waals surface area contributed by atoms with Gasteiger partial charge < -0.3 is 15.2 Å². The molecule has 0 bridgehead atoms. The number of halogens is 1. The Morgan fingerprint density at radius 3 is 2.71 bits per heavy atom. The minimum absolute atomic E-state index is 0.312. The standard InChI is InChI=1S/C12H14ClNO3/c1-2-17-12(16)7-11(15)14-8-9-3-5-10(13)6-4-9/h3-7,16H,2,8H2,1H3,(H,14,15)/b12-7+. The van der Waals surface area contributed by atoms with Crippen molar-refractivity contribution in [1.82, 2.24) is 5.32 Å². The zero-order valence-electron chi connectivity index (χ0n) is 9.44. The lowest BCUT2D eigenvalue weighted by Crippen LogP contribution is -2.21. The molecule has 0 aliphatic heterocycles. The Morgan fingerprint density at radius 1 is 1.47 bits per heavy atom. The third-order valence-electron chi connectivity index (χ3n) is 1.93. The normalized spacial score (nSPS) is 11.1. The molecule has 1 amide bonds. The average Bonchev–Trinajstić information content (AvgIpc) is 2.28. The molecule has 0 atom stereocenters. The summed E-state index contributed by atoms with van der Waals surface area (Å²) < 4.78 is 4.72. The largest absolute Gasteiger partial charge is 0.481 e. The molecule has 4 nitrogen and oxygen atoms in total. The number of carbonyl (C=O) groups is 1. The monoisotopic (exact) mass is 255 g/mol. The molecule has 0 spiro atoms. The summed E-state index contributed by atoms with van der Waals surface area (Å²) >= 11 is 5.73. The van der Waals surface area contributed by atoms with Crippen molar-refractivity contribution in [3.8, 4) is 0 Å². The maximum atomic E-state index is 11.3. The Labute approximate surface area is 105 Å². The number of nitrogens with one attached hydrogen (secondary N) is 1. The van der Waals surface area contributed by atoms with Gasteiger partial charge in [-0.3, -0.25) is 4.79 Å². The molecule has 1 aromatic rings. The van der Waals surface area contributed by atoms with E-state index < -0.39 is 5.91 Å². The summed E-state index contributed by atoms with van der Waals surface area (Å²) in [6, 6.07) is 7.12. The molecule has 2 N–H and O–H groups in total. The molecule has 0 heterocycles. The average molecular weight is 256 g/mol.